The van der Waals surface area contributed by atoms with Gasteiger partial charge in [0.05, 0.1) is 12.2 Å². The van der Waals surface area contributed by atoms with Crippen LogP contribution < -0.4 is 10.3 Å². The third-order valence-electron chi connectivity index (χ3n) is 5.80. The molecule has 1 aliphatic carbocycles. The first kappa shape index (κ1) is 20.3. The highest BCUT2D eigenvalue weighted by molar-refractivity contribution is 5.66. The summed E-state index contributed by atoms with van der Waals surface area (Å²) < 4.78 is 7.99. The molecule has 30 heavy (non-hydrogen) atoms. The lowest BCUT2D eigenvalue weighted by atomic mass is 9.93. The van der Waals surface area contributed by atoms with Crippen LogP contribution in [0.2, 0.25) is 0 Å². The van der Waals surface area contributed by atoms with E-state index in [1.165, 1.54) is 0 Å². The van der Waals surface area contributed by atoms with Crippen molar-refractivity contribution in [2.45, 2.75) is 52.5 Å². The van der Waals surface area contributed by atoms with E-state index in [0.717, 1.165) is 35.2 Å². The number of hydrogen-bond acceptors (Lipinski definition) is 5. The molecule has 156 valence electrons. The van der Waals surface area contributed by atoms with Gasteiger partial charge in [-0.1, -0.05) is 19.9 Å². The largest absolute Gasteiger partial charge is 0.477 e. The first-order chi connectivity index (χ1) is 14.4. The number of hydrogen-bond donors (Lipinski definition) is 0. The number of rotatable bonds is 7. The Morgan fingerprint density at radius 3 is 2.60 bits per heavy atom. The van der Waals surface area contributed by atoms with Crippen molar-refractivity contribution in [3.63, 3.8) is 0 Å². The fourth-order valence-corrected chi connectivity index (χ4v) is 3.45. The quantitative estimate of drug-likeness (QED) is 0.581. The molecule has 0 spiro atoms. The molecule has 6 nitrogen and oxygen atoms in total. The first-order valence-corrected chi connectivity index (χ1v) is 10.5. The normalized spacial score (nSPS) is 15.6. The molecule has 1 unspecified atom stereocenters. The van der Waals surface area contributed by atoms with E-state index in [1.807, 2.05) is 36.9 Å². The highest BCUT2D eigenvalue weighted by atomic mass is 16.5. The van der Waals surface area contributed by atoms with Crippen molar-refractivity contribution in [2.75, 3.05) is 6.61 Å². The third-order valence-corrected chi connectivity index (χ3v) is 5.80. The van der Waals surface area contributed by atoms with Crippen LogP contribution in [0.5, 0.6) is 5.88 Å². The molecule has 2 atom stereocenters. The van der Waals surface area contributed by atoms with Crippen molar-refractivity contribution in [3.8, 4) is 17.0 Å². The molecular formula is C24H28N4O2. The summed E-state index contributed by atoms with van der Waals surface area (Å²) in [5.74, 6) is 1.72. The number of aryl methyl sites for hydroxylation is 2. The number of nitrogens with zero attached hydrogens (tertiary/aromatic N) is 4. The Kier molecular flexibility index (Phi) is 5.66. The maximum Gasteiger partial charge on any atom is 0.250 e. The van der Waals surface area contributed by atoms with Gasteiger partial charge >= 0.3 is 0 Å². The van der Waals surface area contributed by atoms with Crippen LogP contribution in [0.4, 0.5) is 0 Å². The Balaban J connectivity index is 1.54. The second-order valence-corrected chi connectivity index (χ2v) is 8.37. The van der Waals surface area contributed by atoms with Crippen molar-refractivity contribution in [1.82, 2.24) is 19.5 Å². The molecular weight excluding hydrogens is 376 g/mol. The Hall–Kier alpha value is -3.02. The topological polar surface area (TPSA) is 69.9 Å². The van der Waals surface area contributed by atoms with Gasteiger partial charge in [0.1, 0.15) is 5.82 Å². The molecule has 1 fully saturated rings. The van der Waals surface area contributed by atoms with Crippen LogP contribution >= 0.6 is 0 Å². The average Bonchev–Trinajstić information content (AvgIpc) is 3.58. The molecule has 4 rings (SSSR count). The monoisotopic (exact) mass is 404 g/mol. The van der Waals surface area contributed by atoms with E-state index < -0.39 is 0 Å². The van der Waals surface area contributed by atoms with Gasteiger partial charge in [-0.3, -0.25) is 9.78 Å². The van der Waals surface area contributed by atoms with Gasteiger partial charge in [-0.05, 0) is 50.3 Å². The summed E-state index contributed by atoms with van der Waals surface area (Å²) >= 11 is 0. The Labute approximate surface area is 177 Å². The molecule has 3 aromatic heterocycles. The first-order valence-electron chi connectivity index (χ1n) is 10.5. The minimum atomic E-state index is 0.0322. The van der Waals surface area contributed by atoms with E-state index in [2.05, 4.69) is 40.9 Å². The SMILES string of the molecule is Cc1ccc([C@@H](C)C(C)COc2nc(C)ncc2-c2ccc(=O)n(C3CC3)c2)nc1. The summed E-state index contributed by atoms with van der Waals surface area (Å²) in [6.07, 6.45) is 7.70. The molecule has 0 N–H and O–H groups in total. The summed E-state index contributed by atoms with van der Waals surface area (Å²) in [5, 5.41) is 0. The van der Waals surface area contributed by atoms with Crippen LogP contribution in [-0.4, -0.2) is 26.1 Å². The maximum atomic E-state index is 12.2. The summed E-state index contributed by atoms with van der Waals surface area (Å²) in [4.78, 5) is 25.6. The van der Waals surface area contributed by atoms with E-state index in [1.54, 1.807) is 12.3 Å². The minimum absolute atomic E-state index is 0.0322. The predicted molar refractivity (Wildman–Crippen MR) is 117 cm³/mol. The lowest BCUT2D eigenvalue weighted by molar-refractivity contribution is 0.233. The molecule has 0 amide bonds. The van der Waals surface area contributed by atoms with Crippen LogP contribution in [0.15, 0.2) is 47.7 Å². The second kappa shape index (κ2) is 8.38. The van der Waals surface area contributed by atoms with Gasteiger partial charge in [0.15, 0.2) is 0 Å². The Morgan fingerprint density at radius 1 is 1.10 bits per heavy atom. The molecule has 6 heteroatoms. The number of pyridine rings is 2. The molecule has 1 aliphatic rings. The summed E-state index contributed by atoms with van der Waals surface area (Å²) in [6, 6.07) is 7.93. The molecule has 0 aliphatic heterocycles. The number of aromatic nitrogens is 4. The van der Waals surface area contributed by atoms with Gasteiger partial charge in [-0.2, -0.15) is 4.98 Å². The van der Waals surface area contributed by atoms with Crippen molar-refractivity contribution >= 4 is 0 Å². The highest BCUT2D eigenvalue weighted by Gasteiger charge is 2.25. The van der Waals surface area contributed by atoms with E-state index in [-0.39, 0.29) is 17.4 Å². The summed E-state index contributed by atoms with van der Waals surface area (Å²) in [6.45, 7) is 8.74. The van der Waals surface area contributed by atoms with Crippen LogP contribution in [0, 0.1) is 19.8 Å². The summed E-state index contributed by atoms with van der Waals surface area (Å²) in [7, 11) is 0. The van der Waals surface area contributed by atoms with E-state index in [9.17, 15) is 4.79 Å². The molecule has 0 aromatic carbocycles. The van der Waals surface area contributed by atoms with Crippen molar-refractivity contribution in [1.29, 1.82) is 0 Å². The fraction of sp³-hybridized carbons (Fsp3) is 0.417. The maximum absolute atomic E-state index is 12.2. The van der Waals surface area contributed by atoms with E-state index in [0.29, 0.717) is 24.4 Å². The summed E-state index contributed by atoms with van der Waals surface area (Å²) in [5.41, 5.74) is 3.96. The van der Waals surface area contributed by atoms with Gasteiger partial charge in [-0.25, -0.2) is 4.98 Å². The molecule has 1 saturated carbocycles. The Bertz CT molecular complexity index is 1090. The Morgan fingerprint density at radius 2 is 1.90 bits per heavy atom. The standard InChI is InChI=1S/C24H28N4O2/c1-15-5-9-22(26-11-15)17(3)16(2)14-30-24-21(12-25-18(4)27-24)19-6-10-23(29)28(13-19)20-7-8-20/h5-6,9-13,16-17,20H,7-8,14H2,1-4H3/t16?,17-/m0/s1. The van der Waals surface area contributed by atoms with Gasteiger partial charge in [0.2, 0.25) is 5.88 Å². The molecule has 0 radical (unpaired) electrons. The predicted octanol–water partition coefficient (Wildman–Crippen LogP) is 4.47. The van der Waals surface area contributed by atoms with Gasteiger partial charge in [0, 0.05) is 47.9 Å². The van der Waals surface area contributed by atoms with Crippen LogP contribution in [-0.2, 0) is 0 Å². The zero-order valence-electron chi connectivity index (χ0n) is 18.0. The van der Waals surface area contributed by atoms with E-state index in [4.69, 9.17) is 4.74 Å². The minimum Gasteiger partial charge on any atom is -0.477 e. The average molecular weight is 405 g/mol. The molecule has 0 saturated heterocycles. The lowest BCUT2D eigenvalue weighted by Crippen LogP contribution is -2.18. The van der Waals surface area contributed by atoms with Crippen LogP contribution in [0.25, 0.3) is 11.1 Å². The molecule has 0 bridgehead atoms. The van der Waals surface area contributed by atoms with Crippen LogP contribution in [0.1, 0.15) is 55.7 Å². The van der Waals surface area contributed by atoms with Gasteiger partial charge < -0.3 is 9.30 Å². The van der Waals surface area contributed by atoms with Gasteiger partial charge in [0.25, 0.3) is 5.56 Å². The molecule has 3 heterocycles. The molecule has 3 aromatic rings. The lowest BCUT2D eigenvalue weighted by Gasteiger charge is -2.21. The van der Waals surface area contributed by atoms with E-state index >= 15 is 0 Å². The third kappa shape index (κ3) is 4.42. The zero-order valence-corrected chi connectivity index (χ0v) is 18.0. The second-order valence-electron chi connectivity index (χ2n) is 8.37. The zero-order chi connectivity index (χ0) is 21.3. The van der Waals surface area contributed by atoms with Crippen molar-refractivity contribution in [3.05, 3.63) is 70.3 Å². The van der Waals surface area contributed by atoms with Gasteiger partial charge in [-0.15, -0.1) is 0 Å². The van der Waals surface area contributed by atoms with Crippen molar-refractivity contribution < 1.29 is 4.74 Å². The number of ether oxygens (including phenoxy) is 1. The van der Waals surface area contributed by atoms with Crippen LogP contribution in [0.3, 0.4) is 0 Å². The fourth-order valence-electron chi connectivity index (χ4n) is 3.45. The van der Waals surface area contributed by atoms with Crippen molar-refractivity contribution in [2.24, 2.45) is 5.92 Å². The smallest absolute Gasteiger partial charge is 0.250 e. The highest BCUT2D eigenvalue weighted by Crippen LogP contribution is 2.35.